The van der Waals surface area contributed by atoms with Crippen molar-refractivity contribution in [2.75, 3.05) is 18.4 Å². The van der Waals surface area contributed by atoms with Gasteiger partial charge in [-0.1, -0.05) is 37.5 Å². The minimum absolute atomic E-state index is 0.0124. The highest BCUT2D eigenvalue weighted by atomic mass is 16.3. The van der Waals surface area contributed by atoms with E-state index in [9.17, 15) is 14.7 Å². The lowest BCUT2D eigenvalue weighted by Gasteiger charge is -2.36. The molecule has 136 valence electrons. The first-order valence-electron chi connectivity index (χ1n) is 9.42. The first-order chi connectivity index (χ1) is 12.1. The zero-order valence-corrected chi connectivity index (χ0v) is 14.7. The van der Waals surface area contributed by atoms with E-state index < -0.39 is 5.60 Å². The largest absolute Gasteiger partial charge is 0.389 e. The first kappa shape index (κ1) is 17.9. The van der Waals surface area contributed by atoms with E-state index in [1.807, 2.05) is 30.3 Å². The summed E-state index contributed by atoms with van der Waals surface area (Å²) in [4.78, 5) is 26.9. The maximum Gasteiger partial charge on any atom is 0.229 e. The molecule has 1 saturated heterocycles. The lowest BCUT2D eigenvalue weighted by atomic mass is 9.82. The fourth-order valence-corrected chi connectivity index (χ4v) is 3.96. The molecule has 1 saturated carbocycles. The Morgan fingerprint density at radius 1 is 1.12 bits per heavy atom. The van der Waals surface area contributed by atoms with E-state index in [4.69, 9.17) is 0 Å². The number of rotatable bonds is 4. The topological polar surface area (TPSA) is 69.6 Å². The number of amides is 2. The molecule has 1 heterocycles. The van der Waals surface area contributed by atoms with Gasteiger partial charge in [-0.05, 0) is 37.8 Å². The molecule has 1 aromatic carbocycles. The van der Waals surface area contributed by atoms with Crippen LogP contribution in [0, 0.1) is 5.92 Å². The monoisotopic (exact) mass is 344 g/mol. The molecule has 0 spiro atoms. The smallest absolute Gasteiger partial charge is 0.229 e. The molecule has 0 aromatic heterocycles. The number of likely N-dealkylation sites (tertiary alicyclic amines) is 1. The quantitative estimate of drug-likeness (QED) is 0.882. The van der Waals surface area contributed by atoms with Gasteiger partial charge in [-0.25, -0.2) is 0 Å². The zero-order valence-electron chi connectivity index (χ0n) is 14.7. The molecular weight excluding hydrogens is 316 g/mol. The molecule has 0 bridgehead atoms. The highest BCUT2D eigenvalue weighted by Gasteiger charge is 2.35. The van der Waals surface area contributed by atoms with Crippen molar-refractivity contribution in [2.24, 2.45) is 5.92 Å². The molecule has 2 fully saturated rings. The number of piperidine rings is 1. The van der Waals surface area contributed by atoms with E-state index in [1.165, 1.54) is 0 Å². The molecule has 2 aliphatic rings. The van der Waals surface area contributed by atoms with Crippen LogP contribution in [0.1, 0.15) is 51.4 Å². The van der Waals surface area contributed by atoms with Crippen molar-refractivity contribution in [1.29, 1.82) is 0 Å². The Morgan fingerprint density at radius 2 is 1.84 bits per heavy atom. The van der Waals surface area contributed by atoms with Gasteiger partial charge in [0.1, 0.15) is 0 Å². The van der Waals surface area contributed by atoms with Crippen LogP contribution in [0.15, 0.2) is 30.3 Å². The molecule has 1 unspecified atom stereocenters. The third kappa shape index (κ3) is 4.82. The highest BCUT2D eigenvalue weighted by molar-refractivity contribution is 5.93. The number of anilines is 1. The molecule has 0 radical (unpaired) electrons. The van der Waals surface area contributed by atoms with Gasteiger partial charge in [0.15, 0.2) is 0 Å². The fraction of sp³-hybridized carbons (Fsp3) is 0.600. The van der Waals surface area contributed by atoms with E-state index in [2.05, 4.69) is 5.32 Å². The van der Waals surface area contributed by atoms with Crippen LogP contribution in [0.5, 0.6) is 0 Å². The normalized spacial score (nSPS) is 23.1. The minimum atomic E-state index is -0.839. The van der Waals surface area contributed by atoms with Crippen molar-refractivity contribution in [2.45, 2.75) is 57.0 Å². The van der Waals surface area contributed by atoms with Gasteiger partial charge in [-0.15, -0.1) is 0 Å². The van der Waals surface area contributed by atoms with Crippen molar-refractivity contribution in [3.63, 3.8) is 0 Å². The van der Waals surface area contributed by atoms with E-state index in [0.29, 0.717) is 25.9 Å². The van der Waals surface area contributed by atoms with Gasteiger partial charge in [-0.3, -0.25) is 9.59 Å². The molecular formula is C20H28N2O3. The van der Waals surface area contributed by atoms with E-state index >= 15 is 0 Å². The van der Waals surface area contributed by atoms with Crippen LogP contribution in [0.3, 0.4) is 0 Å². The number of aliphatic hydroxyl groups is 1. The maximum atomic E-state index is 12.6. The molecule has 5 nitrogen and oxygen atoms in total. The van der Waals surface area contributed by atoms with Gasteiger partial charge in [0.05, 0.1) is 17.9 Å². The van der Waals surface area contributed by atoms with Gasteiger partial charge in [0.25, 0.3) is 0 Å². The Morgan fingerprint density at radius 3 is 2.56 bits per heavy atom. The van der Waals surface area contributed by atoms with Crippen molar-refractivity contribution in [3.05, 3.63) is 30.3 Å². The van der Waals surface area contributed by atoms with Crippen LogP contribution in [-0.4, -0.2) is 40.5 Å². The molecule has 5 heteroatoms. The molecule has 1 aliphatic carbocycles. The summed E-state index contributed by atoms with van der Waals surface area (Å²) in [7, 11) is 0. The summed E-state index contributed by atoms with van der Waals surface area (Å²) in [5.41, 5.74) is -0.0540. The predicted octanol–water partition coefficient (Wildman–Crippen LogP) is 2.95. The van der Waals surface area contributed by atoms with Gasteiger partial charge in [-0.2, -0.15) is 0 Å². The second-order valence-electron chi connectivity index (χ2n) is 7.50. The van der Waals surface area contributed by atoms with Crippen LogP contribution in [0.2, 0.25) is 0 Å². The summed E-state index contributed by atoms with van der Waals surface area (Å²) >= 11 is 0. The van der Waals surface area contributed by atoms with Crippen LogP contribution >= 0.6 is 0 Å². The van der Waals surface area contributed by atoms with Gasteiger partial charge >= 0.3 is 0 Å². The Balaban J connectivity index is 1.55. The molecule has 25 heavy (non-hydrogen) atoms. The van der Waals surface area contributed by atoms with Gasteiger partial charge in [0, 0.05) is 18.8 Å². The average Bonchev–Trinajstić information content (AvgIpc) is 2.63. The Labute approximate surface area is 149 Å². The molecule has 1 atom stereocenters. The number of nitrogens with one attached hydrogen (secondary N) is 1. The van der Waals surface area contributed by atoms with Gasteiger partial charge < -0.3 is 15.3 Å². The molecule has 2 amide bonds. The third-order valence-corrected chi connectivity index (χ3v) is 5.45. The second-order valence-corrected chi connectivity index (χ2v) is 7.50. The van der Waals surface area contributed by atoms with E-state index in [1.54, 1.807) is 4.90 Å². The second kappa shape index (κ2) is 8.00. The van der Waals surface area contributed by atoms with Crippen LogP contribution in [0.25, 0.3) is 0 Å². The van der Waals surface area contributed by atoms with Crippen molar-refractivity contribution < 1.29 is 14.7 Å². The Hall–Kier alpha value is -1.88. The molecule has 3 rings (SSSR count). The fourth-order valence-electron chi connectivity index (χ4n) is 3.96. The third-order valence-electron chi connectivity index (χ3n) is 5.45. The van der Waals surface area contributed by atoms with Crippen LogP contribution in [-0.2, 0) is 9.59 Å². The first-order valence-corrected chi connectivity index (χ1v) is 9.42. The summed E-state index contributed by atoms with van der Waals surface area (Å²) in [5.74, 6) is -0.222. The number of carbonyl (C=O) groups excluding carboxylic acids is 2. The molecule has 1 aliphatic heterocycles. The van der Waals surface area contributed by atoms with Crippen molar-refractivity contribution in [3.8, 4) is 0 Å². The zero-order chi connectivity index (χ0) is 17.7. The minimum Gasteiger partial charge on any atom is -0.389 e. The Bertz CT molecular complexity index is 596. The molecule has 1 aromatic rings. The lowest BCUT2D eigenvalue weighted by Crippen LogP contribution is -2.46. The predicted molar refractivity (Wildman–Crippen MR) is 97.0 cm³/mol. The number of hydrogen-bond donors (Lipinski definition) is 2. The summed E-state index contributed by atoms with van der Waals surface area (Å²) in [6.07, 6.45) is 6.37. The average molecular weight is 344 g/mol. The number of carbonyl (C=O) groups is 2. The highest BCUT2D eigenvalue weighted by Crippen LogP contribution is 2.32. The number of hydrogen-bond acceptors (Lipinski definition) is 3. The van der Waals surface area contributed by atoms with E-state index in [-0.39, 0.29) is 24.2 Å². The SMILES string of the molecule is O=C(Nc1ccccc1)C1CCCN(C(=O)CC2(O)CCCCC2)C1. The standard InChI is InChI=1S/C20H28N2O3/c23-18(14-20(25)11-5-2-6-12-20)22-13-7-8-16(15-22)19(24)21-17-9-3-1-4-10-17/h1,3-4,9-10,16,25H,2,5-8,11-15H2,(H,21,24). The maximum absolute atomic E-state index is 12.6. The number of benzene rings is 1. The van der Waals surface area contributed by atoms with Crippen molar-refractivity contribution >= 4 is 17.5 Å². The number of nitrogens with zero attached hydrogens (tertiary/aromatic N) is 1. The summed E-state index contributed by atoms with van der Waals surface area (Å²) in [6.45, 7) is 1.14. The van der Waals surface area contributed by atoms with Crippen LogP contribution in [0.4, 0.5) is 5.69 Å². The molecule has 2 N–H and O–H groups in total. The number of para-hydroxylation sites is 1. The van der Waals surface area contributed by atoms with Crippen LogP contribution < -0.4 is 5.32 Å². The summed E-state index contributed by atoms with van der Waals surface area (Å²) in [6, 6.07) is 9.41. The van der Waals surface area contributed by atoms with Crippen molar-refractivity contribution in [1.82, 2.24) is 4.90 Å². The Kier molecular flexibility index (Phi) is 5.74. The summed E-state index contributed by atoms with van der Waals surface area (Å²) in [5, 5.41) is 13.5. The van der Waals surface area contributed by atoms with Gasteiger partial charge in [0.2, 0.25) is 11.8 Å². The van der Waals surface area contributed by atoms with E-state index in [0.717, 1.165) is 37.8 Å². The summed E-state index contributed by atoms with van der Waals surface area (Å²) < 4.78 is 0. The lowest BCUT2D eigenvalue weighted by molar-refractivity contribution is -0.140.